The summed E-state index contributed by atoms with van der Waals surface area (Å²) in [6.07, 6.45) is 87.7. The van der Waals surface area contributed by atoms with E-state index in [2.05, 4.69) is 148 Å². The van der Waals surface area contributed by atoms with Gasteiger partial charge in [-0.1, -0.05) is 251 Å². The van der Waals surface area contributed by atoms with Gasteiger partial charge in [0.25, 0.3) is 0 Å². The first-order valence-electron chi connectivity index (χ1n) is 29.7. The van der Waals surface area contributed by atoms with Gasteiger partial charge >= 0.3 is 11.9 Å². The molecular formula is C67H110O5. The number of esters is 2. The van der Waals surface area contributed by atoms with Crippen molar-refractivity contribution < 1.29 is 23.8 Å². The van der Waals surface area contributed by atoms with Gasteiger partial charge in [-0.3, -0.25) is 9.59 Å². The Morgan fingerprint density at radius 2 is 0.653 bits per heavy atom. The Morgan fingerprint density at radius 3 is 1.07 bits per heavy atom. The molecule has 0 rings (SSSR count). The molecule has 0 amide bonds. The number of carbonyl (C=O) groups is 2. The van der Waals surface area contributed by atoms with Crippen LogP contribution in [0.4, 0.5) is 0 Å². The highest BCUT2D eigenvalue weighted by atomic mass is 16.6. The van der Waals surface area contributed by atoms with Crippen LogP contribution in [0.25, 0.3) is 0 Å². The summed E-state index contributed by atoms with van der Waals surface area (Å²) in [5.41, 5.74) is 0. The molecule has 0 aliphatic carbocycles. The normalized spacial score (nSPS) is 13.2. The second-order valence-electron chi connectivity index (χ2n) is 19.1. The number of carbonyl (C=O) groups excluding carboxylic acids is 2. The Morgan fingerprint density at radius 1 is 0.319 bits per heavy atom. The Bertz CT molecular complexity index is 1500. The Kier molecular flexibility index (Phi) is 58.0. The summed E-state index contributed by atoms with van der Waals surface area (Å²) in [6, 6.07) is 0. The van der Waals surface area contributed by atoms with E-state index in [-0.39, 0.29) is 25.2 Å². The van der Waals surface area contributed by atoms with Gasteiger partial charge in [0.2, 0.25) is 0 Å². The van der Waals surface area contributed by atoms with Crippen molar-refractivity contribution in [1.82, 2.24) is 0 Å². The second-order valence-corrected chi connectivity index (χ2v) is 19.1. The maximum Gasteiger partial charge on any atom is 0.306 e. The molecule has 1 atom stereocenters. The predicted molar refractivity (Wildman–Crippen MR) is 315 cm³/mol. The summed E-state index contributed by atoms with van der Waals surface area (Å²) >= 11 is 0. The van der Waals surface area contributed by atoms with E-state index in [1.165, 1.54) is 109 Å². The molecule has 0 fully saturated rings. The van der Waals surface area contributed by atoms with Crippen LogP contribution in [0.1, 0.15) is 252 Å². The van der Waals surface area contributed by atoms with Crippen LogP contribution in [0.15, 0.2) is 134 Å². The smallest absolute Gasteiger partial charge is 0.306 e. The van der Waals surface area contributed by atoms with Crippen molar-refractivity contribution in [1.29, 1.82) is 0 Å². The highest BCUT2D eigenvalue weighted by molar-refractivity contribution is 5.70. The molecular weight excluding hydrogens is 885 g/mol. The van der Waals surface area contributed by atoms with Gasteiger partial charge in [0.05, 0.1) is 6.61 Å². The SMILES string of the molecule is CC/C=C\C/C=C\C/C=C\C/C=C\C/C=C\C/C=C\CCC(=O)OCC(COCCCCCCC/C=C\C/C=C\C/C=C\C/C=C\CC)OC(=O)CCCCCCCCCCC/C=C\CCCCCCCC. The van der Waals surface area contributed by atoms with Crippen molar-refractivity contribution in [2.75, 3.05) is 19.8 Å². The maximum absolute atomic E-state index is 12.9. The molecule has 0 radical (unpaired) electrons. The van der Waals surface area contributed by atoms with Crippen LogP contribution in [-0.2, 0) is 23.8 Å². The number of rotatable bonds is 53. The van der Waals surface area contributed by atoms with Crippen LogP contribution in [0.5, 0.6) is 0 Å². The average Bonchev–Trinajstić information content (AvgIpc) is 3.38. The molecule has 0 aromatic rings. The molecule has 0 spiro atoms. The van der Waals surface area contributed by atoms with E-state index in [1.807, 2.05) is 6.08 Å². The van der Waals surface area contributed by atoms with Gasteiger partial charge in [-0.25, -0.2) is 0 Å². The van der Waals surface area contributed by atoms with Gasteiger partial charge in [0.15, 0.2) is 6.10 Å². The van der Waals surface area contributed by atoms with Gasteiger partial charge < -0.3 is 14.2 Å². The summed E-state index contributed by atoms with van der Waals surface area (Å²) in [7, 11) is 0. The van der Waals surface area contributed by atoms with Gasteiger partial charge in [-0.15, -0.1) is 0 Å². The van der Waals surface area contributed by atoms with E-state index < -0.39 is 6.10 Å². The Balaban J connectivity index is 4.45. The van der Waals surface area contributed by atoms with Crippen LogP contribution < -0.4 is 0 Å². The fourth-order valence-corrected chi connectivity index (χ4v) is 7.82. The van der Waals surface area contributed by atoms with Crippen molar-refractivity contribution in [2.24, 2.45) is 0 Å². The first kappa shape index (κ1) is 68.0. The lowest BCUT2D eigenvalue weighted by atomic mass is 10.1. The number of allylic oxidation sites excluding steroid dienone is 22. The Labute approximate surface area is 445 Å². The zero-order valence-corrected chi connectivity index (χ0v) is 46.9. The lowest BCUT2D eigenvalue weighted by Crippen LogP contribution is -2.30. The third-order valence-corrected chi connectivity index (χ3v) is 12.2. The molecule has 0 aliphatic rings. The minimum Gasteiger partial charge on any atom is -0.462 e. The lowest BCUT2D eigenvalue weighted by Gasteiger charge is -2.18. The molecule has 0 saturated carbocycles. The van der Waals surface area contributed by atoms with E-state index in [9.17, 15) is 9.59 Å². The molecule has 5 nitrogen and oxygen atoms in total. The molecule has 0 saturated heterocycles. The molecule has 1 unspecified atom stereocenters. The van der Waals surface area contributed by atoms with Crippen LogP contribution in [0.2, 0.25) is 0 Å². The predicted octanol–water partition coefficient (Wildman–Crippen LogP) is 20.7. The number of hydrogen-bond acceptors (Lipinski definition) is 5. The molecule has 0 N–H and O–H groups in total. The fourth-order valence-electron chi connectivity index (χ4n) is 7.82. The van der Waals surface area contributed by atoms with Gasteiger partial charge in [-0.2, -0.15) is 0 Å². The molecule has 5 heteroatoms. The standard InChI is InChI=1S/C67H110O5/c1-4-7-10-13-16-19-22-25-28-31-34-36-39-42-45-48-51-54-57-60-66(68)71-64-65(63-70-62-59-56-53-50-47-44-41-38-33-30-27-24-21-18-15-12-9-6-3)72-67(69)61-58-55-52-49-46-43-40-37-35-32-29-26-23-20-17-14-11-8-5-2/h7,9-10,12,16,18-19,21,25-30,34,36,38,41-42,45,51,54,65H,4-6,8,11,13-15,17,20,22-24,31-33,35,37,39-40,43-44,46-50,52-53,55-64H2,1-3H3/b10-7-,12-9-,19-16-,21-18-,28-25-,29-26-,30-27-,36-34-,41-38-,45-42-,54-51-. The summed E-state index contributed by atoms with van der Waals surface area (Å²) < 4.78 is 17.4. The average molecular weight is 996 g/mol. The highest BCUT2D eigenvalue weighted by Gasteiger charge is 2.17. The van der Waals surface area contributed by atoms with Gasteiger partial charge in [0, 0.05) is 19.4 Å². The monoisotopic (exact) mass is 995 g/mol. The van der Waals surface area contributed by atoms with Crippen molar-refractivity contribution in [3.63, 3.8) is 0 Å². The first-order valence-corrected chi connectivity index (χ1v) is 29.7. The highest BCUT2D eigenvalue weighted by Crippen LogP contribution is 2.14. The second kappa shape index (κ2) is 61.3. The van der Waals surface area contributed by atoms with E-state index in [0.717, 1.165) is 103 Å². The van der Waals surface area contributed by atoms with E-state index in [0.29, 0.717) is 25.9 Å². The lowest BCUT2D eigenvalue weighted by molar-refractivity contribution is -0.162. The van der Waals surface area contributed by atoms with E-state index in [1.54, 1.807) is 0 Å². The molecule has 0 bridgehead atoms. The molecule has 0 aliphatic heterocycles. The molecule has 72 heavy (non-hydrogen) atoms. The summed E-state index contributed by atoms with van der Waals surface area (Å²) in [4.78, 5) is 25.5. The third-order valence-electron chi connectivity index (χ3n) is 12.2. The zero-order chi connectivity index (χ0) is 52.0. The van der Waals surface area contributed by atoms with Crippen molar-refractivity contribution in [2.45, 2.75) is 258 Å². The van der Waals surface area contributed by atoms with Crippen LogP contribution in [0, 0.1) is 0 Å². The molecule has 0 heterocycles. The molecule has 408 valence electrons. The van der Waals surface area contributed by atoms with E-state index >= 15 is 0 Å². The summed E-state index contributed by atoms with van der Waals surface area (Å²) in [5.74, 6) is -0.511. The van der Waals surface area contributed by atoms with Gasteiger partial charge in [0.1, 0.15) is 6.61 Å². The van der Waals surface area contributed by atoms with Crippen LogP contribution >= 0.6 is 0 Å². The first-order chi connectivity index (χ1) is 35.6. The number of unbranched alkanes of at least 4 members (excludes halogenated alkanes) is 20. The van der Waals surface area contributed by atoms with E-state index in [4.69, 9.17) is 14.2 Å². The fraction of sp³-hybridized carbons (Fsp3) is 0.642. The van der Waals surface area contributed by atoms with Gasteiger partial charge in [-0.05, 0) is 122 Å². The van der Waals surface area contributed by atoms with Crippen molar-refractivity contribution >= 4 is 11.9 Å². The molecule has 0 aromatic heterocycles. The molecule has 0 aromatic carbocycles. The van der Waals surface area contributed by atoms with Crippen molar-refractivity contribution in [3.05, 3.63) is 134 Å². The minimum absolute atomic E-state index is 0.0289. The van der Waals surface area contributed by atoms with Crippen molar-refractivity contribution in [3.8, 4) is 0 Å². The number of hydrogen-bond donors (Lipinski definition) is 0. The summed E-state index contributed by atoms with van der Waals surface area (Å²) in [6.45, 7) is 7.48. The summed E-state index contributed by atoms with van der Waals surface area (Å²) in [5, 5.41) is 0. The minimum atomic E-state index is -0.589. The van der Waals surface area contributed by atoms with Crippen LogP contribution in [0.3, 0.4) is 0 Å². The van der Waals surface area contributed by atoms with Crippen LogP contribution in [-0.4, -0.2) is 37.9 Å². The Hall–Kier alpha value is -3.96. The largest absolute Gasteiger partial charge is 0.462 e. The topological polar surface area (TPSA) is 61.8 Å². The maximum atomic E-state index is 12.9. The number of ether oxygens (including phenoxy) is 3. The zero-order valence-electron chi connectivity index (χ0n) is 46.9. The third kappa shape index (κ3) is 58.6. The quantitative estimate of drug-likeness (QED) is 0.0345.